The van der Waals surface area contributed by atoms with Crippen LogP contribution in [0.5, 0.6) is 5.75 Å². The molecule has 1 aromatic rings. The van der Waals surface area contributed by atoms with Gasteiger partial charge in [0.25, 0.3) is 5.91 Å². The molecule has 0 bridgehead atoms. The number of nitrogens with one attached hydrogen (secondary N) is 2. The summed E-state index contributed by atoms with van der Waals surface area (Å²) in [5, 5.41) is 5.75. The maximum absolute atomic E-state index is 12.4. The Bertz CT molecular complexity index is 718. The van der Waals surface area contributed by atoms with E-state index in [1.54, 1.807) is 23.1 Å². The van der Waals surface area contributed by atoms with Crippen molar-refractivity contribution in [3.05, 3.63) is 29.8 Å². The molecule has 0 saturated carbocycles. The summed E-state index contributed by atoms with van der Waals surface area (Å²) in [7, 11) is 0. The zero-order valence-corrected chi connectivity index (χ0v) is 15.2. The van der Waals surface area contributed by atoms with E-state index < -0.39 is 5.72 Å². The molecule has 7 nitrogen and oxygen atoms in total. The summed E-state index contributed by atoms with van der Waals surface area (Å²) >= 11 is 0. The van der Waals surface area contributed by atoms with Crippen LogP contribution in [-0.2, 0) is 9.59 Å². The second kappa shape index (κ2) is 7.35. The number of nitrogens with zero attached hydrogens (tertiary/aromatic N) is 1. The van der Waals surface area contributed by atoms with Gasteiger partial charge >= 0.3 is 0 Å². The molecule has 7 heteroatoms. The molecule has 0 aromatic heterocycles. The van der Waals surface area contributed by atoms with Gasteiger partial charge in [0.1, 0.15) is 5.75 Å². The largest absolute Gasteiger partial charge is 0.467 e. The van der Waals surface area contributed by atoms with Gasteiger partial charge in [-0.2, -0.15) is 0 Å². The molecular formula is C19H25N3O4. The van der Waals surface area contributed by atoms with Gasteiger partial charge in [-0.1, -0.05) is 26.0 Å². The normalized spacial score (nSPS) is 22.5. The highest BCUT2D eigenvalue weighted by Gasteiger charge is 2.42. The van der Waals surface area contributed by atoms with E-state index in [9.17, 15) is 14.4 Å². The lowest BCUT2D eigenvalue weighted by molar-refractivity contribution is -0.135. The van der Waals surface area contributed by atoms with Crippen LogP contribution in [0.15, 0.2) is 24.3 Å². The number of fused-ring (bicyclic) bond motifs is 1. The Labute approximate surface area is 153 Å². The predicted octanol–water partition coefficient (Wildman–Crippen LogP) is 1.29. The van der Waals surface area contributed by atoms with Crippen LogP contribution in [0.25, 0.3) is 0 Å². The van der Waals surface area contributed by atoms with Gasteiger partial charge in [0.15, 0.2) is 5.72 Å². The maximum atomic E-state index is 12.4. The Morgan fingerprint density at radius 1 is 1.31 bits per heavy atom. The van der Waals surface area contributed by atoms with Crippen LogP contribution in [-0.4, -0.2) is 48.0 Å². The number of hydrogen-bond acceptors (Lipinski definition) is 4. The fourth-order valence-electron chi connectivity index (χ4n) is 3.23. The van der Waals surface area contributed by atoms with E-state index in [0.29, 0.717) is 43.2 Å². The van der Waals surface area contributed by atoms with E-state index in [1.165, 1.54) is 0 Å². The Hall–Kier alpha value is -2.57. The molecule has 0 radical (unpaired) electrons. The quantitative estimate of drug-likeness (QED) is 0.848. The molecule has 1 fully saturated rings. The highest BCUT2D eigenvalue weighted by Crippen LogP contribution is 2.33. The van der Waals surface area contributed by atoms with Gasteiger partial charge in [-0.05, 0) is 18.1 Å². The summed E-state index contributed by atoms with van der Waals surface area (Å²) < 4.78 is 6.08. The van der Waals surface area contributed by atoms with Crippen molar-refractivity contribution in [3.8, 4) is 5.75 Å². The fourth-order valence-corrected chi connectivity index (χ4v) is 3.23. The third-order valence-corrected chi connectivity index (χ3v) is 4.70. The smallest absolute Gasteiger partial charge is 0.258 e. The molecular weight excluding hydrogens is 334 g/mol. The molecule has 3 rings (SSSR count). The third kappa shape index (κ3) is 3.98. The second-order valence-electron chi connectivity index (χ2n) is 7.31. The van der Waals surface area contributed by atoms with Crippen LogP contribution in [0.2, 0.25) is 0 Å². The zero-order chi connectivity index (χ0) is 18.7. The van der Waals surface area contributed by atoms with Crippen molar-refractivity contribution in [1.82, 2.24) is 15.5 Å². The first-order valence-electron chi connectivity index (χ1n) is 9.03. The van der Waals surface area contributed by atoms with Crippen LogP contribution < -0.4 is 15.4 Å². The Kier molecular flexibility index (Phi) is 5.15. The highest BCUT2D eigenvalue weighted by molar-refractivity contribution is 5.98. The van der Waals surface area contributed by atoms with Gasteiger partial charge in [-0.3, -0.25) is 14.4 Å². The molecule has 3 amide bonds. The van der Waals surface area contributed by atoms with Crippen molar-refractivity contribution in [3.63, 3.8) is 0 Å². The van der Waals surface area contributed by atoms with Gasteiger partial charge in [-0.25, -0.2) is 0 Å². The molecule has 1 spiro atoms. The first-order chi connectivity index (χ1) is 12.4. The average Bonchev–Trinajstić information content (AvgIpc) is 2.74. The van der Waals surface area contributed by atoms with Crippen molar-refractivity contribution >= 4 is 17.7 Å². The fraction of sp³-hybridized carbons (Fsp3) is 0.526. The predicted molar refractivity (Wildman–Crippen MR) is 95.5 cm³/mol. The molecule has 1 unspecified atom stereocenters. The lowest BCUT2D eigenvalue weighted by Crippen LogP contribution is -2.56. The van der Waals surface area contributed by atoms with E-state index >= 15 is 0 Å². The molecule has 2 aliphatic heterocycles. The van der Waals surface area contributed by atoms with Crippen molar-refractivity contribution in [1.29, 1.82) is 0 Å². The lowest BCUT2D eigenvalue weighted by Gasteiger charge is -2.38. The van der Waals surface area contributed by atoms with E-state index in [2.05, 4.69) is 10.6 Å². The molecule has 1 saturated heterocycles. The van der Waals surface area contributed by atoms with Crippen LogP contribution in [0, 0.1) is 5.92 Å². The number of carbonyl (C=O) groups excluding carboxylic acids is 3. The minimum atomic E-state index is -0.899. The molecule has 2 N–H and O–H groups in total. The second-order valence-corrected chi connectivity index (χ2v) is 7.31. The number of ether oxygens (including phenoxy) is 1. The highest BCUT2D eigenvalue weighted by atomic mass is 16.5. The average molecular weight is 359 g/mol. The van der Waals surface area contributed by atoms with Crippen molar-refractivity contribution in [2.24, 2.45) is 5.92 Å². The Morgan fingerprint density at radius 3 is 2.85 bits per heavy atom. The monoisotopic (exact) mass is 359 g/mol. The van der Waals surface area contributed by atoms with E-state index in [4.69, 9.17) is 4.74 Å². The molecule has 2 heterocycles. The van der Waals surface area contributed by atoms with Gasteiger partial charge in [0.2, 0.25) is 11.8 Å². The first kappa shape index (κ1) is 18.2. The number of hydrogen-bond donors (Lipinski definition) is 2. The summed E-state index contributed by atoms with van der Waals surface area (Å²) in [5.74, 6) is 0.433. The summed E-state index contributed by atoms with van der Waals surface area (Å²) in [6, 6.07) is 7.08. The van der Waals surface area contributed by atoms with Crippen LogP contribution in [0.1, 0.15) is 43.5 Å². The van der Waals surface area contributed by atoms with Crippen molar-refractivity contribution < 1.29 is 19.1 Å². The van der Waals surface area contributed by atoms with Crippen molar-refractivity contribution in [2.75, 3.05) is 19.6 Å². The van der Waals surface area contributed by atoms with Crippen molar-refractivity contribution in [2.45, 2.75) is 38.8 Å². The number of rotatable bonds is 4. The molecule has 1 aromatic carbocycles. The maximum Gasteiger partial charge on any atom is 0.258 e. The molecule has 1 atom stereocenters. The number of benzene rings is 1. The molecule has 140 valence electrons. The summed E-state index contributed by atoms with van der Waals surface area (Å²) in [5.41, 5.74) is -0.400. The number of likely N-dealkylation sites (tertiary alicyclic amines) is 1. The van der Waals surface area contributed by atoms with E-state index in [1.807, 2.05) is 19.9 Å². The Morgan fingerprint density at radius 2 is 2.08 bits per heavy atom. The van der Waals surface area contributed by atoms with Crippen LogP contribution in [0.4, 0.5) is 0 Å². The van der Waals surface area contributed by atoms with Gasteiger partial charge in [0.05, 0.1) is 12.1 Å². The third-order valence-electron chi connectivity index (χ3n) is 4.70. The number of para-hydroxylation sites is 1. The first-order valence-corrected chi connectivity index (χ1v) is 9.03. The molecule has 26 heavy (non-hydrogen) atoms. The lowest BCUT2D eigenvalue weighted by atomic mass is 10.0. The number of carbonyl (C=O) groups is 3. The van der Waals surface area contributed by atoms with Crippen LogP contribution >= 0.6 is 0 Å². The minimum Gasteiger partial charge on any atom is -0.467 e. The number of amides is 3. The standard InChI is InChI=1S/C19H25N3O4/c1-13(2)11-20-16(23)12-22-10-9-19(8-7-17(22)24)21-18(25)14-5-3-4-6-15(14)26-19/h3-6,13H,7-12H2,1-2H3,(H,20,23)(H,21,25). The summed E-state index contributed by atoms with van der Waals surface area (Å²) in [6.45, 7) is 5.01. The minimum absolute atomic E-state index is 0.0339. The molecule has 0 aliphatic carbocycles. The van der Waals surface area contributed by atoms with E-state index in [0.717, 1.165) is 0 Å². The summed E-state index contributed by atoms with van der Waals surface area (Å²) in [6.07, 6.45) is 1.05. The van der Waals surface area contributed by atoms with E-state index in [-0.39, 0.29) is 30.7 Å². The Balaban J connectivity index is 1.67. The summed E-state index contributed by atoms with van der Waals surface area (Å²) in [4.78, 5) is 38.4. The molecule has 2 aliphatic rings. The van der Waals surface area contributed by atoms with Gasteiger partial charge < -0.3 is 20.3 Å². The zero-order valence-electron chi connectivity index (χ0n) is 15.2. The SMILES string of the molecule is CC(C)CNC(=O)CN1CCC2(CCC1=O)NC(=O)c1ccccc1O2. The van der Waals surface area contributed by atoms with Crippen LogP contribution in [0.3, 0.4) is 0 Å². The van der Waals surface area contributed by atoms with Gasteiger partial charge in [-0.15, -0.1) is 0 Å². The topological polar surface area (TPSA) is 87.7 Å². The van der Waals surface area contributed by atoms with Gasteiger partial charge in [0, 0.05) is 32.4 Å².